The molecule has 0 saturated heterocycles. The molecule has 0 bridgehead atoms. The number of hydrogen-bond acceptors (Lipinski definition) is 5. The van der Waals surface area contributed by atoms with Crippen molar-refractivity contribution in [3.8, 4) is 5.75 Å². The molecule has 1 aromatic carbocycles. The topological polar surface area (TPSA) is 61.0 Å². The van der Waals surface area contributed by atoms with E-state index in [4.69, 9.17) is 32.5 Å². The molecule has 3 aromatic rings. The highest BCUT2D eigenvalue weighted by atomic mass is 35.5. The molecule has 0 aliphatic heterocycles. The molecular weight excluding hydrogens is 313 g/mol. The van der Waals surface area contributed by atoms with Crippen molar-refractivity contribution in [2.24, 2.45) is 0 Å². The monoisotopic (exact) mass is 323 g/mol. The van der Waals surface area contributed by atoms with E-state index in [0.29, 0.717) is 33.0 Å². The van der Waals surface area contributed by atoms with E-state index in [1.807, 2.05) is 19.1 Å². The Labute approximate surface area is 130 Å². The largest absolute Gasteiger partial charge is 0.480 e. The number of fused-ring (bicyclic) bond motifs is 1. The lowest BCUT2D eigenvalue weighted by Crippen LogP contribution is -1.99. The molecule has 21 heavy (non-hydrogen) atoms. The van der Waals surface area contributed by atoms with Gasteiger partial charge in [-0.15, -0.1) is 0 Å². The van der Waals surface area contributed by atoms with Gasteiger partial charge >= 0.3 is 0 Å². The standard InChI is InChI=1S/C14H11Cl2N3O2/c1-7-3-4-9-10(15)5-11(16)14(13(9)17-7)20-6-12-18-8(2)19-21-12/h3-5H,6H2,1-2H3. The summed E-state index contributed by atoms with van der Waals surface area (Å²) in [5.41, 5.74) is 1.46. The van der Waals surface area contributed by atoms with Crippen molar-refractivity contribution < 1.29 is 9.26 Å². The molecule has 5 nitrogen and oxygen atoms in total. The maximum atomic E-state index is 6.22. The van der Waals surface area contributed by atoms with Crippen LogP contribution in [0.3, 0.4) is 0 Å². The summed E-state index contributed by atoms with van der Waals surface area (Å²) < 4.78 is 10.7. The van der Waals surface area contributed by atoms with Gasteiger partial charge in [-0.05, 0) is 32.0 Å². The minimum absolute atomic E-state index is 0.118. The summed E-state index contributed by atoms with van der Waals surface area (Å²) in [4.78, 5) is 8.53. The average Bonchev–Trinajstić information content (AvgIpc) is 2.84. The summed E-state index contributed by atoms with van der Waals surface area (Å²) in [6.07, 6.45) is 0. The third-order valence-corrected chi connectivity index (χ3v) is 3.48. The van der Waals surface area contributed by atoms with Crippen molar-refractivity contribution in [1.82, 2.24) is 15.1 Å². The third kappa shape index (κ3) is 2.80. The van der Waals surface area contributed by atoms with Crippen LogP contribution in [-0.4, -0.2) is 15.1 Å². The summed E-state index contributed by atoms with van der Waals surface area (Å²) >= 11 is 12.4. The summed E-state index contributed by atoms with van der Waals surface area (Å²) in [7, 11) is 0. The molecule has 2 aromatic heterocycles. The van der Waals surface area contributed by atoms with Gasteiger partial charge in [0.15, 0.2) is 18.2 Å². The molecule has 0 amide bonds. The van der Waals surface area contributed by atoms with E-state index in [0.717, 1.165) is 11.1 Å². The summed E-state index contributed by atoms with van der Waals surface area (Å²) in [5.74, 6) is 1.38. The first-order valence-corrected chi connectivity index (χ1v) is 6.97. The van der Waals surface area contributed by atoms with Crippen molar-refractivity contribution in [2.75, 3.05) is 0 Å². The van der Waals surface area contributed by atoms with Crippen LogP contribution >= 0.6 is 23.2 Å². The van der Waals surface area contributed by atoms with E-state index in [9.17, 15) is 0 Å². The molecule has 3 rings (SSSR count). The van der Waals surface area contributed by atoms with Gasteiger partial charge in [-0.3, -0.25) is 0 Å². The molecule has 0 N–H and O–H groups in total. The van der Waals surface area contributed by atoms with E-state index in [-0.39, 0.29) is 6.61 Å². The number of rotatable bonds is 3. The van der Waals surface area contributed by atoms with Gasteiger partial charge in [0.05, 0.1) is 10.0 Å². The van der Waals surface area contributed by atoms with E-state index < -0.39 is 0 Å². The van der Waals surface area contributed by atoms with Crippen molar-refractivity contribution in [3.05, 3.63) is 45.7 Å². The number of benzene rings is 1. The van der Waals surface area contributed by atoms with Gasteiger partial charge in [-0.25, -0.2) is 4.98 Å². The number of nitrogens with zero attached hydrogens (tertiary/aromatic N) is 3. The Balaban J connectivity index is 2.02. The van der Waals surface area contributed by atoms with Crippen LogP contribution in [0.1, 0.15) is 17.4 Å². The van der Waals surface area contributed by atoms with E-state index in [2.05, 4.69) is 15.1 Å². The fraction of sp³-hybridized carbons (Fsp3) is 0.214. The maximum absolute atomic E-state index is 6.22. The second-order valence-electron chi connectivity index (χ2n) is 4.54. The Bertz CT molecular complexity index is 817. The normalized spacial score (nSPS) is 11.0. The van der Waals surface area contributed by atoms with Crippen LogP contribution in [0.2, 0.25) is 10.0 Å². The lowest BCUT2D eigenvalue weighted by Gasteiger charge is -2.11. The quantitative estimate of drug-likeness (QED) is 0.725. The molecule has 0 radical (unpaired) electrons. The molecular formula is C14H11Cl2N3O2. The van der Waals surface area contributed by atoms with E-state index in [1.54, 1.807) is 13.0 Å². The van der Waals surface area contributed by atoms with Crippen molar-refractivity contribution in [1.29, 1.82) is 0 Å². The number of pyridine rings is 1. The molecule has 0 atom stereocenters. The molecule has 0 fully saturated rings. The first kappa shape index (κ1) is 14.1. The Kier molecular flexibility index (Phi) is 3.69. The number of ether oxygens (including phenoxy) is 1. The van der Waals surface area contributed by atoms with Gasteiger partial charge in [0.1, 0.15) is 5.52 Å². The number of halogens is 2. The maximum Gasteiger partial charge on any atom is 0.264 e. The molecule has 0 unspecified atom stereocenters. The van der Waals surface area contributed by atoms with Crippen molar-refractivity contribution in [2.45, 2.75) is 20.5 Å². The Morgan fingerprint density at radius 1 is 1.14 bits per heavy atom. The first-order chi connectivity index (χ1) is 10.0. The van der Waals surface area contributed by atoms with Gasteiger partial charge in [0.2, 0.25) is 0 Å². The van der Waals surface area contributed by atoms with Crippen LogP contribution in [0.5, 0.6) is 5.75 Å². The predicted molar refractivity (Wildman–Crippen MR) is 79.9 cm³/mol. The average molecular weight is 324 g/mol. The molecule has 0 aliphatic carbocycles. The van der Waals surface area contributed by atoms with Crippen LogP contribution in [0.25, 0.3) is 10.9 Å². The summed E-state index contributed by atoms with van der Waals surface area (Å²) in [6, 6.07) is 5.41. The van der Waals surface area contributed by atoms with Crippen molar-refractivity contribution in [3.63, 3.8) is 0 Å². The highest BCUT2D eigenvalue weighted by molar-refractivity contribution is 6.39. The number of hydrogen-bond donors (Lipinski definition) is 0. The van der Waals surface area contributed by atoms with Crippen LogP contribution < -0.4 is 4.74 Å². The van der Waals surface area contributed by atoms with Crippen LogP contribution in [0, 0.1) is 13.8 Å². The van der Waals surface area contributed by atoms with Gasteiger partial charge in [-0.2, -0.15) is 4.98 Å². The van der Waals surface area contributed by atoms with E-state index >= 15 is 0 Å². The second-order valence-corrected chi connectivity index (χ2v) is 5.36. The fourth-order valence-electron chi connectivity index (χ4n) is 1.96. The minimum atomic E-state index is 0.118. The van der Waals surface area contributed by atoms with Gasteiger partial charge in [0, 0.05) is 11.1 Å². The van der Waals surface area contributed by atoms with Gasteiger partial charge in [-0.1, -0.05) is 28.4 Å². The smallest absolute Gasteiger partial charge is 0.264 e. The Morgan fingerprint density at radius 3 is 2.67 bits per heavy atom. The molecule has 108 valence electrons. The van der Waals surface area contributed by atoms with Gasteiger partial charge in [0.25, 0.3) is 5.89 Å². The Hall–Kier alpha value is -1.85. The minimum Gasteiger partial charge on any atom is -0.480 e. The predicted octanol–water partition coefficient (Wildman–Crippen LogP) is 4.12. The molecule has 0 spiro atoms. The van der Waals surface area contributed by atoms with Crippen molar-refractivity contribution >= 4 is 34.1 Å². The zero-order chi connectivity index (χ0) is 15.0. The molecule has 2 heterocycles. The molecule has 0 saturated carbocycles. The highest BCUT2D eigenvalue weighted by Crippen LogP contribution is 2.37. The number of aromatic nitrogens is 3. The van der Waals surface area contributed by atoms with E-state index in [1.165, 1.54) is 0 Å². The zero-order valence-corrected chi connectivity index (χ0v) is 12.9. The zero-order valence-electron chi connectivity index (χ0n) is 11.4. The fourth-order valence-corrected chi connectivity index (χ4v) is 2.53. The van der Waals surface area contributed by atoms with Crippen LogP contribution in [0.15, 0.2) is 22.7 Å². The lowest BCUT2D eigenvalue weighted by atomic mass is 10.2. The SMILES string of the molecule is Cc1ccc2c(Cl)cc(Cl)c(OCc3nc(C)no3)c2n1. The first-order valence-electron chi connectivity index (χ1n) is 6.22. The third-order valence-electron chi connectivity index (χ3n) is 2.89. The van der Waals surface area contributed by atoms with Gasteiger partial charge < -0.3 is 9.26 Å². The number of aryl methyl sites for hydroxylation is 2. The van der Waals surface area contributed by atoms with Crippen LogP contribution in [0.4, 0.5) is 0 Å². The summed E-state index contributed by atoms with van der Waals surface area (Å²) in [5, 5.41) is 5.41. The summed E-state index contributed by atoms with van der Waals surface area (Å²) in [6.45, 7) is 3.74. The Morgan fingerprint density at radius 2 is 1.95 bits per heavy atom. The lowest BCUT2D eigenvalue weighted by molar-refractivity contribution is 0.244. The second kappa shape index (κ2) is 5.50. The molecule has 7 heteroatoms. The highest BCUT2D eigenvalue weighted by Gasteiger charge is 2.14. The molecule has 0 aliphatic rings. The van der Waals surface area contributed by atoms with Crippen LogP contribution in [-0.2, 0) is 6.61 Å².